The van der Waals surface area contributed by atoms with Gasteiger partial charge in [0, 0.05) is 11.5 Å². The average Bonchev–Trinajstić information content (AvgIpc) is 2.77. The lowest BCUT2D eigenvalue weighted by Crippen LogP contribution is -2.25. The Morgan fingerprint density at radius 1 is 1.29 bits per heavy atom. The summed E-state index contributed by atoms with van der Waals surface area (Å²) in [6.45, 7) is 0. The van der Waals surface area contributed by atoms with Gasteiger partial charge in [-0.2, -0.15) is 0 Å². The Morgan fingerprint density at radius 2 is 1.95 bits per heavy atom. The fourth-order valence-corrected chi connectivity index (χ4v) is 2.67. The van der Waals surface area contributed by atoms with Crippen LogP contribution in [0.15, 0.2) is 23.4 Å². The van der Waals surface area contributed by atoms with Crippen molar-refractivity contribution in [2.24, 2.45) is 16.8 Å². The highest BCUT2D eigenvalue weighted by Crippen LogP contribution is 2.25. The molecule has 1 amide bonds. The van der Waals surface area contributed by atoms with Crippen LogP contribution >= 0.6 is 0 Å². The molecule has 1 aliphatic rings. The number of hydrogen-bond acceptors (Lipinski definition) is 3. The average molecular weight is 293 g/mol. The third-order valence-electron chi connectivity index (χ3n) is 3.85. The van der Waals surface area contributed by atoms with Crippen LogP contribution in [0.1, 0.15) is 44.1 Å². The van der Waals surface area contributed by atoms with E-state index in [1.54, 1.807) is 0 Å². The van der Waals surface area contributed by atoms with E-state index in [-0.39, 0.29) is 23.2 Å². The van der Waals surface area contributed by atoms with Gasteiger partial charge in [-0.15, -0.1) is 0 Å². The van der Waals surface area contributed by atoms with E-state index in [1.165, 1.54) is 12.1 Å². The van der Waals surface area contributed by atoms with Crippen molar-refractivity contribution in [1.29, 1.82) is 0 Å². The minimum absolute atomic E-state index is 0.0299. The minimum atomic E-state index is -0.510. The summed E-state index contributed by atoms with van der Waals surface area (Å²) in [5.41, 5.74) is 6.07. The minimum Gasteiger partial charge on any atom is -0.409 e. The number of benzene rings is 1. The van der Waals surface area contributed by atoms with Crippen molar-refractivity contribution in [1.82, 2.24) is 0 Å². The number of nitrogens with two attached hydrogens (primary N) is 1. The molecule has 21 heavy (non-hydrogen) atoms. The zero-order chi connectivity index (χ0) is 15.2. The molecule has 1 fully saturated rings. The predicted octanol–water partition coefficient (Wildman–Crippen LogP) is 2.83. The first kappa shape index (κ1) is 15.3. The summed E-state index contributed by atoms with van der Waals surface area (Å²) in [7, 11) is 0. The van der Waals surface area contributed by atoms with Crippen molar-refractivity contribution in [3.63, 3.8) is 0 Å². The smallest absolute Gasteiger partial charge is 0.227 e. The molecule has 4 N–H and O–H groups in total. The van der Waals surface area contributed by atoms with Gasteiger partial charge in [0.1, 0.15) is 5.82 Å². The molecule has 0 bridgehead atoms. The third kappa shape index (κ3) is 3.93. The molecule has 0 spiro atoms. The Labute approximate surface area is 123 Å². The summed E-state index contributed by atoms with van der Waals surface area (Å²) in [5, 5.41) is 14.4. The molecule has 6 heteroatoms. The maximum atomic E-state index is 13.3. The molecule has 1 aliphatic carbocycles. The van der Waals surface area contributed by atoms with Gasteiger partial charge in [0.15, 0.2) is 5.84 Å². The molecule has 0 aromatic heterocycles. The summed E-state index contributed by atoms with van der Waals surface area (Å²) in [4.78, 5) is 12.3. The number of hydrogen-bond donors (Lipinski definition) is 3. The number of carbonyl (C=O) groups excluding carboxylic acids is 1. The zero-order valence-electron chi connectivity index (χ0n) is 11.8. The SMILES string of the molecule is N/C(=N/O)c1cc(F)ccc1NC(=O)C1CCCCCC1. The zero-order valence-corrected chi connectivity index (χ0v) is 11.8. The number of oxime groups is 1. The van der Waals surface area contributed by atoms with Crippen LogP contribution in [-0.4, -0.2) is 17.0 Å². The summed E-state index contributed by atoms with van der Waals surface area (Å²) >= 11 is 0. The third-order valence-corrected chi connectivity index (χ3v) is 3.85. The fraction of sp³-hybridized carbons (Fsp3) is 0.467. The van der Waals surface area contributed by atoms with Gasteiger partial charge in [-0.3, -0.25) is 4.79 Å². The van der Waals surface area contributed by atoms with Crippen molar-refractivity contribution >= 4 is 17.4 Å². The Balaban J connectivity index is 2.16. The van der Waals surface area contributed by atoms with Crippen LogP contribution in [0.5, 0.6) is 0 Å². The lowest BCUT2D eigenvalue weighted by Gasteiger charge is -2.16. The van der Waals surface area contributed by atoms with Crippen molar-refractivity contribution in [3.8, 4) is 0 Å². The highest BCUT2D eigenvalue weighted by Gasteiger charge is 2.21. The first-order valence-corrected chi connectivity index (χ1v) is 7.20. The van der Waals surface area contributed by atoms with Gasteiger partial charge >= 0.3 is 0 Å². The fourth-order valence-electron chi connectivity index (χ4n) is 2.67. The molecular formula is C15H20FN3O2. The van der Waals surface area contributed by atoms with E-state index in [1.807, 2.05) is 0 Å². The number of anilines is 1. The molecule has 2 rings (SSSR count). The van der Waals surface area contributed by atoms with Crippen LogP contribution in [0, 0.1) is 11.7 Å². The van der Waals surface area contributed by atoms with Crippen molar-refractivity contribution < 1.29 is 14.4 Å². The number of nitrogens with one attached hydrogen (secondary N) is 1. The lowest BCUT2D eigenvalue weighted by atomic mass is 9.99. The van der Waals surface area contributed by atoms with Gasteiger partial charge in [-0.25, -0.2) is 4.39 Å². The van der Waals surface area contributed by atoms with Crippen LogP contribution in [0.3, 0.4) is 0 Å². The second-order valence-electron chi connectivity index (χ2n) is 5.35. The molecule has 1 saturated carbocycles. The molecule has 114 valence electrons. The Bertz CT molecular complexity index is 538. The second kappa shape index (κ2) is 7.06. The number of nitrogens with zero attached hydrogens (tertiary/aromatic N) is 1. The Hall–Kier alpha value is -2.11. The van der Waals surface area contributed by atoms with Gasteiger partial charge in [-0.05, 0) is 31.0 Å². The van der Waals surface area contributed by atoms with Crippen molar-refractivity contribution in [3.05, 3.63) is 29.6 Å². The van der Waals surface area contributed by atoms with Gasteiger partial charge in [-0.1, -0.05) is 30.8 Å². The van der Waals surface area contributed by atoms with Crippen molar-refractivity contribution in [2.75, 3.05) is 5.32 Å². The highest BCUT2D eigenvalue weighted by molar-refractivity contribution is 6.05. The molecule has 0 heterocycles. The predicted molar refractivity (Wildman–Crippen MR) is 78.7 cm³/mol. The van der Waals surface area contributed by atoms with Gasteiger partial charge in [0.05, 0.1) is 5.69 Å². The molecule has 1 aromatic rings. The summed E-state index contributed by atoms with van der Waals surface area (Å²) in [6, 6.07) is 3.80. The van der Waals surface area contributed by atoms with E-state index >= 15 is 0 Å². The summed E-state index contributed by atoms with van der Waals surface area (Å²) in [5.74, 6) is -0.858. The Morgan fingerprint density at radius 3 is 2.57 bits per heavy atom. The lowest BCUT2D eigenvalue weighted by molar-refractivity contribution is -0.120. The maximum Gasteiger partial charge on any atom is 0.227 e. The first-order valence-electron chi connectivity index (χ1n) is 7.20. The first-order chi connectivity index (χ1) is 10.1. The quantitative estimate of drug-likeness (QED) is 0.263. The van der Waals surface area contributed by atoms with Crippen LogP contribution in [-0.2, 0) is 4.79 Å². The monoisotopic (exact) mass is 293 g/mol. The van der Waals surface area contributed by atoms with Crippen LogP contribution in [0.2, 0.25) is 0 Å². The second-order valence-corrected chi connectivity index (χ2v) is 5.35. The normalized spacial score (nSPS) is 17.3. The molecule has 0 saturated heterocycles. The number of halogens is 1. The molecular weight excluding hydrogens is 273 g/mol. The largest absolute Gasteiger partial charge is 0.409 e. The van der Waals surface area contributed by atoms with E-state index in [0.29, 0.717) is 5.69 Å². The molecule has 0 unspecified atom stereocenters. The van der Waals surface area contributed by atoms with Gasteiger partial charge < -0.3 is 16.3 Å². The van der Waals surface area contributed by atoms with Crippen LogP contribution in [0.4, 0.5) is 10.1 Å². The number of amides is 1. The summed E-state index contributed by atoms with van der Waals surface area (Å²) in [6.07, 6.45) is 6.16. The maximum absolute atomic E-state index is 13.3. The van der Waals surface area contributed by atoms with E-state index in [4.69, 9.17) is 10.9 Å². The topological polar surface area (TPSA) is 87.7 Å². The van der Waals surface area contributed by atoms with E-state index in [0.717, 1.165) is 44.6 Å². The van der Waals surface area contributed by atoms with Gasteiger partial charge in [0.2, 0.25) is 5.91 Å². The number of amidine groups is 1. The number of carbonyl (C=O) groups is 1. The molecule has 0 aliphatic heterocycles. The molecule has 0 radical (unpaired) electrons. The summed E-state index contributed by atoms with van der Waals surface area (Å²) < 4.78 is 13.3. The Kier molecular flexibility index (Phi) is 5.14. The van der Waals surface area contributed by atoms with E-state index < -0.39 is 5.82 Å². The standard InChI is InChI=1S/C15H20FN3O2/c16-11-7-8-13(12(9-11)14(17)19-21)18-15(20)10-5-3-1-2-4-6-10/h7-10,21H,1-6H2,(H2,17,19)(H,18,20). The van der Waals surface area contributed by atoms with Crippen LogP contribution in [0.25, 0.3) is 0 Å². The van der Waals surface area contributed by atoms with Crippen molar-refractivity contribution in [2.45, 2.75) is 38.5 Å². The molecule has 0 atom stereocenters. The van der Waals surface area contributed by atoms with Gasteiger partial charge in [0.25, 0.3) is 0 Å². The van der Waals surface area contributed by atoms with E-state index in [2.05, 4.69) is 10.5 Å². The molecule has 1 aromatic carbocycles. The van der Waals surface area contributed by atoms with E-state index in [9.17, 15) is 9.18 Å². The number of rotatable bonds is 3. The molecule has 5 nitrogen and oxygen atoms in total. The van der Waals surface area contributed by atoms with Crippen LogP contribution < -0.4 is 11.1 Å². The highest BCUT2D eigenvalue weighted by atomic mass is 19.1.